The molecule has 0 aromatic carbocycles. The number of nitrogens with two attached hydrogens (primary N) is 2. The molecule has 6 rings (SSSR count). The van der Waals surface area contributed by atoms with Gasteiger partial charge in [0.15, 0.2) is 43.0 Å². The van der Waals surface area contributed by atoms with Crippen LogP contribution in [-0.2, 0) is 40.9 Å². The Morgan fingerprint density at radius 2 is 1.13 bits per heavy atom. The zero-order chi connectivity index (χ0) is 38.0. The Hall–Kier alpha value is -2.90. The number of phosphoric ester groups is 1. The number of anilines is 2. The van der Waals surface area contributed by atoms with Crippen molar-refractivity contribution in [2.24, 2.45) is 0 Å². The number of nitrogen functional groups attached to an aromatic ring is 2. The van der Waals surface area contributed by atoms with Crippen molar-refractivity contribution in [2.75, 3.05) is 30.1 Å². The molecular weight excluding hydrogens is 788 g/mol. The van der Waals surface area contributed by atoms with E-state index >= 15 is 0 Å². The van der Waals surface area contributed by atoms with Crippen LogP contribution in [0.3, 0.4) is 0 Å². The van der Waals surface area contributed by atoms with Crippen LogP contribution < -0.4 is 31.0 Å². The highest BCUT2D eigenvalue weighted by atomic mass is 31.3. The molecule has 0 aliphatic carbocycles. The van der Waals surface area contributed by atoms with Crippen molar-refractivity contribution in [3.05, 3.63) is 25.3 Å². The van der Waals surface area contributed by atoms with Gasteiger partial charge in [-0.25, -0.2) is 29.9 Å². The van der Waals surface area contributed by atoms with Gasteiger partial charge in [-0.2, -0.15) is 0 Å². The lowest BCUT2D eigenvalue weighted by atomic mass is 10.1. The quantitative estimate of drug-likeness (QED) is 0.0690. The first-order chi connectivity index (χ1) is 24.2. The Bertz CT molecular complexity index is 2170. The van der Waals surface area contributed by atoms with E-state index < -0.39 is 98.4 Å². The van der Waals surface area contributed by atoms with Gasteiger partial charge >= 0.3 is 0 Å². The Labute approximate surface area is 289 Å². The topological polar surface area (TPSA) is 427 Å². The standard InChI is InChI=1S/C21H30N10O17P4/c22-16-10-18(26-3-24-16)30(5-28-10)20-14(34)12(32)8(45-20)1-44-52(42,43)48-51(40,41)7-50(38,39)47-49(36,37)2-9-13(33)15(35)21(46-9)31-6-29-11-17(23)25-4-27-19(11)31/h3-6,8-9,12-15,20-21,32-35H,1-2,7H2,(H,36,37)(H,38,39)(H,40,41)(H,42,43)(H2,22,24,26)(H2,23,25,27)/p-4/t8-,9-,12?,13?,14?,15+,20-,21-/m1/s1. The number of hydrogen-bond acceptors (Lipinski definition) is 25. The number of imidazole rings is 2. The number of aromatic nitrogens is 8. The molecule has 0 bridgehead atoms. The monoisotopic (exact) mass is 814 g/mol. The van der Waals surface area contributed by atoms with Gasteiger partial charge in [-0.05, 0) is 0 Å². The molecule has 4 aromatic rings. The Morgan fingerprint density at radius 1 is 0.673 bits per heavy atom. The zero-order valence-corrected chi connectivity index (χ0v) is 29.2. The Balaban J connectivity index is 1.04. The maximum Gasteiger partial charge on any atom is 0.272 e. The van der Waals surface area contributed by atoms with E-state index in [4.69, 9.17) is 20.9 Å². The van der Waals surface area contributed by atoms with E-state index in [2.05, 4.69) is 43.0 Å². The van der Waals surface area contributed by atoms with Crippen molar-refractivity contribution in [2.45, 2.75) is 49.1 Å². The number of fused-ring (bicyclic) bond motifs is 2. The van der Waals surface area contributed by atoms with E-state index in [0.717, 1.165) is 34.4 Å². The van der Waals surface area contributed by atoms with Gasteiger partial charge in [0.25, 0.3) is 7.82 Å². The van der Waals surface area contributed by atoms with Crippen molar-refractivity contribution in [1.82, 2.24) is 39.0 Å². The number of nitrogens with zero attached hydrogens (tertiary/aromatic N) is 8. The van der Waals surface area contributed by atoms with Crippen molar-refractivity contribution in [3.63, 3.8) is 0 Å². The zero-order valence-electron chi connectivity index (χ0n) is 25.7. The number of phosphoric acid groups is 1. The molecule has 286 valence electrons. The minimum absolute atomic E-state index is 0.0211. The fourth-order valence-corrected chi connectivity index (χ4v) is 12.7. The molecule has 2 aliphatic heterocycles. The van der Waals surface area contributed by atoms with Crippen molar-refractivity contribution >= 4 is 64.6 Å². The largest absolute Gasteiger partial charge is 0.778 e. The fourth-order valence-electron chi connectivity index (χ4n) is 5.37. The molecular formula is C21H26N10O17P4-4. The molecule has 0 spiro atoms. The van der Waals surface area contributed by atoms with Gasteiger partial charge in [0.2, 0.25) is 0 Å². The van der Waals surface area contributed by atoms with Crippen LogP contribution in [0.25, 0.3) is 22.3 Å². The van der Waals surface area contributed by atoms with Crippen LogP contribution in [0.4, 0.5) is 11.6 Å². The van der Waals surface area contributed by atoms with E-state index in [-0.39, 0.29) is 34.0 Å². The maximum absolute atomic E-state index is 12.6. The summed E-state index contributed by atoms with van der Waals surface area (Å²) in [5, 5.41) is 41.8. The molecule has 0 amide bonds. The lowest BCUT2D eigenvalue weighted by molar-refractivity contribution is -0.234. The molecule has 7 unspecified atom stereocenters. The normalized spacial score (nSPS) is 31.3. The van der Waals surface area contributed by atoms with E-state index in [1.807, 2.05) is 0 Å². The second-order valence-corrected chi connectivity index (χ2v) is 18.9. The number of ether oxygens (including phenoxy) is 2. The maximum atomic E-state index is 12.6. The molecule has 52 heavy (non-hydrogen) atoms. The molecule has 27 nitrogen and oxygen atoms in total. The highest BCUT2D eigenvalue weighted by Gasteiger charge is 2.47. The molecule has 2 aliphatic rings. The Kier molecular flexibility index (Phi) is 10.5. The molecule has 2 saturated heterocycles. The molecule has 31 heteroatoms. The van der Waals surface area contributed by atoms with Crippen LogP contribution in [0.1, 0.15) is 12.5 Å². The van der Waals surface area contributed by atoms with Crippen molar-refractivity contribution < 1.29 is 80.9 Å². The second kappa shape index (κ2) is 14.1. The first-order valence-corrected chi connectivity index (χ1v) is 21.0. The van der Waals surface area contributed by atoms with Gasteiger partial charge in [0.05, 0.1) is 31.3 Å². The SMILES string of the molecule is Nc1ncnc2c1ncn2[C@@H]1O[C@H](COP(=O)([O-])OP(=O)([O-])CP(=O)([O-])OP(=O)([O-])C[C@H]2O[C@@H](n3cnc4c(N)ncnc43)[C@@H](O)C2O)C(O)C1O. The van der Waals surface area contributed by atoms with Crippen molar-refractivity contribution in [1.29, 1.82) is 0 Å². The second-order valence-electron chi connectivity index (χ2n) is 11.3. The third kappa shape index (κ3) is 7.97. The minimum Gasteiger partial charge on any atom is -0.778 e. The molecule has 12 atom stereocenters. The van der Waals surface area contributed by atoms with Crippen LogP contribution in [0, 0.1) is 0 Å². The summed E-state index contributed by atoms with van der Waals surface area (Å²) < 4.78 is 75.3. The lowest BCUT2D eigenvalue weighted by Crippen LogP contribution is -2.34. The smallest absolute Gasteiger partial charge is 0.272 e. The van der Waals surface area contributed by atoms with Gasteiger partial charge in [-0.3, -0.25) is 22.3 Å². The number of rotatable bonds is 13. The Morgan fingerprint density at radius 3 is 1.65 bits per heavy atom. The van der Waals surface area contributed by atoms with Gasteiger partial charge in [0.1, 0.15) is 69.4 Å². The van der Waals surface area contributed by atoms with Crippen molar-refractivity contribution in [3.8, 4) is 0 Å². The predicted molar refractivity (Wildman–Crippen MR) is 160 cm³/mol. The molecule has 2 fully saturated rings. The van der Waals surface area contributed by atoms with E-state index in [9.17, 15) is 58.3 Å². The highest BCUT2D eigenvalue weighted by molar-refractivity contribution is 7.75. The van der Waals surface area contributed by atoms with Crippen LogP contribution in [-0.4, -0.2) is 115 Å². The summed E-state index contributed by atoms with van der Waals surface area (Å²) in [4.78, 5) is 73.1. The summed E-state index contributed by atoms with van der Waals surface area (Å²) in [6, 6.07) is 0. The van der Waals surface area contributed by atoms with Gasteiger partial charge in [-0.1, -0.05) is 0 Å². The molecule has 4 aromatic heterocycles. The first kappa shape index (κ1) is 38.8. The number of hydrogen-bond donors (Lipinski definition) is 6. The average molecular weight is 814 g/mol. The van der Waals surface area contributed by atoms with E-state index in [1.165, 1.54) is 0 Å². The summed E-state index contributed by atoms with van der Waals surface area (Å²) in [6.07, 6.45) is -10.8. The van der Waals surface area contributed by atoms with Gasteiger partial charge in [-0.15, -0.1) is 0 Å². The molecule has 6 heterocycles. The lowest BCUT2D eigenvalue weighted by Gasteiger charge is -2.38. The summed E-state index contributed by atoms with van der Waals surface area (Å²) in [5.41, 5.74) is 11.7. The molecule has 8 N–H and O–H groups in total. The predicted octanol–water partition coefficient (Wildman–Crippen LogP) is -4.80. The third-order valence-electron chi connectivity index (χ3n) is 7.62. The first-order valence-electron chi connectivity index (χ1n) is 14.4. The third-order valence-corrected chi connectivity index (χ3v) is 15.4. The van der Waals surface area contributed by atoms with E-state index in [0.29, 0.717) is 0 Å². The van der Waals surface area contributed by atoms with Crippen LogP contribution in [0.2, 0.25) is 0 Å². The number of aliphatic hydroxyl groups excluding tert-OH is 4. The van der Waals surface area contributed by atoms with Gasteiger partial charge in [0, 0.05) is 6.16 Å². The van der Waals surface area contributed by atoms with Crippen LogP contribution in [0.5, 0.6) is 0 Å². The fraction of sp³-hybridized carbons (Fsp3) is 0.524. The average Bonchev–Trinajstić information content (AvgIpc) is 3.77. The van der Waals surface area contributed by atoms with E-state index in [1.54, 1.807) is 0 Å². The summed E-state index contributed by atoms with van der Waals surface area (Å²) in [6.45, 7) is -1.16. The van der Waals surface area contributed by atoms with Crippen LogP contribution >= 0.6 is 30.6 Å². The van der Waals surface area contributed by atoms with Gasteiger partial charge < -0.3 is 79.2 Å². The number of aliphatic hydroxyl groups is 4. The summed E-state index contributed by atoms with van der Waals surface area (Å²) >= 11 is 0. The molecule has 0 radical (unpaired) electrons. The minimum atomic E-state index is -6.08. The summed E-state index contributed by atoms with van der Waals surface area (Å²) in [7, 11) is -23.8. The molecule has 0 saturated carbocycles. The highest BCUT2D eigenvalue weighted by Crippen LogP contribution is 2.65. The van der Waals surface area contributed by atoms with Crippen LogP contribution in [0.15, 0.2) is 25.3 Å². The summed E-state index contributed by atoms with van der Waals surface area (Å²) in [5.74, 6) is -2.38.